The third-order valence-electron chi connectivity index (χ3n) is 1.81. The largest absolute Gasteiger partial charge is 0.339 e. The summed E-state index contributed by atoms with van der Waals surface area (Å²) in [6.45, 7) is 3.92. The van der Waals surface area contributed by atoms with E-state index in [0.717, 1.165) is 11.1 Å². The van der Waals surface area contributed by atoms with Gasteiger partial charge in [-0.2, -0.15) is 5.26 Å². The number of nitriles is 1. The molecule has 72 valence electrons. The highest BCUT2D eigenvalue weighted by Crippen LogP contribution is 2.08. The Hall–Kier alpha value is -1.82. The minimum absolute atomic E-state index is 0.0474. The highest BCUT2D eigenvalue weighted by molar-refractivity contribution is 5.94. The fourth-order valence-electron chi connectivity index (χ4n) is 1.33. The molecule has 0 aliphatic carbocycles. The highest BCUT2D eigenvalue weighted by Gasteiger charge is 2.04. The van der Waals surface area contributed by atoms with Crippen molar-refractivity contribution in [2.24, 2.45) is 0 Å². The van der Waals surface area contributed by atoms with Crippen LogP contribution in [-0.2, 0) is 0 Å². The molecule has 0 radical (unpaired) electrons. The van der Waals surface area contributed by atoms with E-state index in [1.54, 1.807) is 12.1 Å². The molecule has 0 aromatic heterocycles. The number of benzene rings is 1. The van der Waals surface area contributed by atoms with Crippen LogP contribution < -0.4 is 5.32 Å². The third kappa shape index (κ3) is 2.60. The number of hydrogen-bond donors (Lipinski definition) is 1. The van der Waals surface area contributed by atoms with E-state index in [4.69, 9.17) is 5.26 Å². The molecule has 0 aliphatic rings. The van der Waals surface area contributed by atoms with Gasteiger partial charge in [-0.15, -0.1) is 0 Å². The van der Waals surface area contributed by atoms with Crippen molar-refractivity contribution in [2.75, 3.05) is 6.54 Å². The second-order valence-electron chi connectivity index (χ2n) is 3.22. The minimum atomic E-state index is -0.196. The number of aryl methyl sites for hydroxylation is 2. The van der Waals surface area contributed by atoms with Crippen molar-refractivity contribution in [1.29, 1.82) is 5.26 Å². The number of hydrogen-bond acceptors (Lipinski definition) is 2. The number of rotatable bonds is 2. The molecule has 14 heavy (non-hydrogen) atoms. The van der Waals surface area contributed by atoms with Gasteiger partial charge < -0.3 is 5.32 Å². The van der Waals surface area contributed by atoms with Gasteiger partial charge in [-0.1, -0.05) is 17.2 Å². The third-order valence-corrected chi connectivity index (χ3v) is 1.81. The first-order valence-electron chi connectivity index (χ1n) is 4.37. The van der Waals surface area contributed by atoms with Crippen molar-refractivity contribution in [3.63, 3.8) is 0 Å². The summed E-state index contributed by atoms with van der Waals surface area (Å²) in [5, 5.41) is 10.8. The second-order valence-corrected chi connectivity index (χ2v) is 3.22. The molecule has 1 amide bonds. The lowest BCUT2D eigenvalue weighted by Gasteiger charge is -2.03. The van der Waals surface area contributed by atoms with Crippen molar-refractivity contribution < 1.29 is 4.79 Å². The number of carbonyl (C=O) groups excluding carboxylic acids is 1. The summed E-state index contributed by atoms with van der Waals surface area (Å²) in [5.41, 5.74) is 2.71. The molecule has 0 fully saturated rings. The van der Waals surface area contributed by atoms with E-state index in [-0.39, 0.29) is 12.5 Å². The zero-order chi connectivity index (χ0) is 10.6. The van der Waals surface area contributed by atoms with Gasteiger partial charge in [-0.05, 0) is 26.0 Å². The summed E-state index contributed by atoms with van der Waals surface area (Å²) in [6, 6.07) is 7.48. The number of nitrogens with zero attached hydrogens (tertiary/aromatic N) is 1. The van der Waals surface area contributed by atoms with Gasteiger partial charge in [-0.25, -0.2) is 0 Å². The van der Waals surface area contributed by atoms with Crippen LogP contribution in [0.1, 0.15) is 21.5 Å². The maximum Gasteiger partial charge on any atom is 0.252 e. The Morgan fingerprint density at radius 2 is 1.93 bits per heavy atom. The fraction of sp³-hybridized carbons (Fsp3) is 0.273. The van der Waals surface area contributed by atoms with E-state index < -0.39 is 0 Å². The fourth-order valence-corrected chi connectivity index (χ4v) is 1.33. The molecule has 1 N–H and O–H groups in total. The molecular formula is C11H12N2O. The quantitative estimate of drug-likeness (QED) is 0.716. The van der Waals surface area contributed by atoms with Crippen LogP contribution in [0.25, 0.3) is 0 Å². The maximum atomic E-state index is 11.4. The molecule has 3 heteroatoms. The van der Waals surface area contributed by atoms with Gasteiger partial charge in [0.1, 0.15) is 6.54 Å². The van der Waals surface area contributed by atoms with E-state index >= 15 is 0 Å². The summed E-state index contributed by atoms with van der Waals surface area (Å²) in [4.78, 5) is 11.4. The first-order valence-corrected chi connectivity index (χ1v) is 4.37. The Morgan fingerprint density at radius 1 is 1.36 bits per heavy atom. The van der Waals surface area contributed by atoms with Crippen molar-refractivity contribution in [3.05, 3.63) is 34.9 Å². The molecule has 0 saturated heterocycles. The Morgan fingerprint density at radius 3 is 2.43 bits per heavy atom. The SMILES string of the molecule is Cc1cc(C)cc(C(=O)NCC#N)c1. The van der Waals surface area contributed by atoms with Gasteiger partial charge in [0.15, 0.2) is 0 Å². The Bertz CT molecular complexity index is 371. The van der Waals surface area contributed by atoms with Crippen LogP contribution in [0.15, 0.2) is 18.2 Å². The van der Waals surface area contributed by atoms with Gasteiger partial charge in [-0.3, -0.25) is 4.79 Å². The highest BCUT2D eigenvalue weighted by atomic mass is 16.1. The molecule has 1 aromatic carbocycles. The molecule has 0 aliphatic heterocycles. The molecule has 0 spiro atoms. The van der Waals surface area contributed by atoms with E-state index in [1.165, 1.54) is 0 Å². The summed E-state index contributed by atoms with van der Waals surface area (Å²) < 4.78 is 0. The van der Waals surface area contributed by atoms with Crippen LogP contribution in [0.2, 0.25) is 0 Å². The second kappa shape index (κ2) is 4.43. The van der Waals surface area contributed by atoms with Crippen LogP contribution in [0.4, 0.5) is 0 Å². The summed E-state index contributed by atoms with van der Waals surface area (Å²) in [5.74, 6) is -0.196. The van der Waals surface area contributed by atoms with Crippen LogP contribution in [0, 0.1) is 25.2 Å². The van der Waals surface area contributed by atoms with Crippen molar-refractivity contribution in [1.82, 2.24) is 5.32 Å². The van der Waals surface area contributed by atoms with Crippen LogP contribution in [-0.4, -0.2) is 12.5 Å². The van der Waals surface area contributed by atoms with E-state index in [0.29, 0.717) is 5.56 Å². The van der Waals surface area contributed by atoms with E-state index in [2.05, 4.69) is 5.32 Å². The lowest BCUT2D eigenvalue weighted by Crippen LogP contribution is -2.23. The summed E-state index contributed by atoms with van der Waals surface area (Å²) in [6.07, 6.45) is 0. The normalized spacial score (nSPS) is 9.21. The van der Waals surface area contributed by atoms with Crippen LogP contribution in [0.3, 0.4) is 0 Å². The standard InChI is InChI=1S/C11H12N2O/c1-8-5-9(2)7-10(6-8)11(14)13-4-3-12/h5-7H,4H2,1-2H3,(H,13,14). The monoisotopic (exact) mass is 188 g/mol. The Labute approximate surface area is 83.4 Å². The minimum Gasteiger partial charge on any atom is -0.339 e. The van der Waals surface area contributed by atoms with Crippen LogP contribution >= 0.6 is 0 Å². The average molecular weight is 188 g/mol. The first kappa shape index (κ1) is 10.3. The maximum absolute atomic E-state index is 11.4. The number of nitrogens with one attached hydrogen (secondary N) is 1. The Balaban J connectivity index is 2.85. The Kier molecular flexibility index (Phi) is 3.24. The van der Waals surface area contributed by atoms with Crippen molar-refractivity contribution >= 4 is 5.91 Å². The smallest absolute Gasteiger partial charge is 0.252 e. The first-order chi connectivity index (χ1) is 6.63. The van der Waals surface area contributed by atoms with E-state index in [1.807, 2.05) is 26.0 Å². The molecule has 0 heterocycles. The van der Waals surface area contributed by atoms with Gasteiger partial charge in [0.25, 0.3) is 5.91 Å². The van der Waals surface area contributed by atoms with Crippen molar-refractivity contribution in [3.8, 4) is 6.07 Å². The van der Waals surface area contributed by atoms with Gasteiger partial charge in [0.05, 0.1) is 6.07 Å². The lowest BCUT2D eigenvalue weighted by molar-refractivity contribution is 0.0958. The van der Waals surface area contributed by atoms with Gasteiger partial charge in [0.2, 0.25) is 0 Å². The summed E-state index contributed by atoms with van der Waals surface area (Å²) >= 11 is 0. The molecule has 1 aromatic rings. The number of carbonyl (C=O) groups is 1. The van der Waals surface area contributed by atoms with Crippen molar-refractivity contribution in [2.45, 2.75) is 13.8 Å². The zero-order valence-corrected chi connectivity index (χ0v) is 8.29. The molecular weight excluding hydrogens is 176 g/mol. The number of amides is 1. The molecule has 0 saturated carbocycles. The topological polar surface area (TPSA) is 52.9 Å². The predicted octanol–water partition coefficient (Wildman–Crippen LogP) is 1.56. The molecule has 0 bridgehead atoms. The summed E-state index contributed by atoms with van der Waals surface area (Å²) in [7, 11) is 0. The molecule has 0 unspecified atom stereocenters. The molecule has 0 atom stereocenters. The average Bonchev–Trinajstić information content (AvgIpc) is 2.12. The van der Waals surface area contributed by atoms with Gasteiger partial charge in [0, 0.05) is 5.56 Å². The van der Waals surface area contributed by atoms with Crippen LogP contribution in [0.5, 0.6) is 0 Å². The molecule has 3 nitrogen and oxygen atoms in total. The lowest BCUT2D eigenvalue weighted by atomic mass is 10.1. The van der Waals surface area contributed by atoms with Gasteiger partial charge >= 0.3 is 0 Å². The molecule has 1 rings (SSSR count). The van der Waals surface area contributed by atoms with E-state index in [9.17, 15) is 4.79 Å². The zero-order valence-electron chi connectivity index (χ0n) is 8.29. The predicted molar refractivity (Wildman–Crippen MR) is 53.9 cm³/mol.